The van der Waals surface area contributed by atoms with E-state index in [1.165, 1.54) is 35.8 Å². The predicted molar refractivity (Wildman–Crippen MR) is 266 cm³/mol. The van der Waals surface area contributed by atoms with Gasteiger partial charge in [0.05, 0.1) is 84.0 Å². The Bertz CT molecular complexity index is 1910. The van der Waals surface area contributed by atoms with Crippen LogP contribution in [0.4, 0.5) is 11.4 Å². The highest BCUT2D eigenvalue weighted by Crippen LogP contribution is 2.38. The molecule has 0 aliphatic carbocycles. The van der Waals surface area contributed by atoms with Gasteiger partial charge < -0.3 is 66.0 Å². The third-order valence-corrected chi connectivity index (χ3v) is 14.6. The molecule has 0 saturated carbocycles. The third kappa shape index (κ3) is 14.8. The second kappa shape index (κ2) is 26.3. The molecule has 2 aromatic carbocycles. The molecule has 0 radical (unpaired) electrons. The maximum absolute atomic E-state index is 13.9. The van der Waals surface area contributed by atoms with Gasteiger partial charge in [-0.1, -0.05) is 0 Å². The van der Waals surface area contributed by atoms with Crippen molar-refractivity contribution in [3.05, 3.63) is 43.7 Å². The van der Waals surface area contributed by atoms with Crippen molar-refractivity contribution in [2.45, 2.75) is 12.2 Å². The molecule has 0 bridgehead atoms. The van der Waals surface area contributed by atoms with E-state index in [1.54, 1.807) is 0 Å². The van der Waals surface area contributed by atoms with Gasteiger partial charge in [-0.05, 0) is 136 Å². The molecule has 2 rings (SSSR count). The van der Waals surface area contributed by atoms with Crippen LogP contribution in [0.1, 0.15) is 41.4 Å². The zero-order valence-electron chi connectivity index (χ0n) is 31.6. The highest BCUT2D eigenvalue weighted by atomic mass is 127. The number of anilines is 2. The number of nitrogens with one attached hydrogen (secondary N) is 3. The third-order valence-electron chi connectivity index (χ3n) is 8.08. The summed E-state index contributed by atoms with van der Waals surface area (Å²) in [7, 11) is 4.36. The van der Waals surface area contributed by atoms with Crippen LogP contribution in [0.2, 0.25) is 0 Å². The first kappa shape index (κ1) is 54.7. The fourth-order valence-corrected chi connectivity index (χ4v) is 13.9. The van der Waals surface area contributed by atoms with E-state index in [0.717, 1.165) is 0 Å². The summed E-state index contributed by atoms with van der Waals surface area (Å²) in [5.74, 6) is -3.60. The largest absolute Gasteiger partial charge is 0.394 e. The van der Waals surface area contributed by atoms with Crippen LogP contribution in [-0.2, 0) is 14.3 Å². The Morgan fingerprint density at radius 2 is 0.949 bits per heavy atom. The van der Waals surface area contributed by atoms with Crippen LogP contribution in [0.15, 0.2) is 0 Å². The van der Waals surface area contributed by atoms with E-state index in [0.29, 0.717) is 17.9 Å². The van der Waals surface area contributed by atoms with Gasteiger partial charge in [0, 0.05) is 63.6 Å². The lowest BCUT2D eigenvalue weighted by Gasteiger charge is -2.25. The Morgan fingerprint density at radius 1 is 0.576 bits per heavy atom. The van der Waals surface area contributed by atoms with Crippen LogP contribution < -0.4 is 16.0 Å². The number of Topliss-reactive ketones (excluding diaryl/α,β-unsaturated/α-hetero) is 1. The van der Waals surface area contributed by atoms with Gasteiger partial charge in [0.1, 0.15) is 13.2 Å². The average molecular weight is 1500 g/mol. The molecular weight excluding hydrogens is 1460 g/mol. The van der Waals surface area contributed by atoms with Crippen molar-refractivity contribution in [1.82, 2.24) is 20.0 Å². The average Bonchev–Trinajstić information content (AvgIpc) is 3.19. The van der Waals surface area contributed by atoms with Gasteiger partial charge in [-0.15, -0.1) is 0 Å². The molecule has 9 N–H and O–H groups in total. The zero-order valence-corrected chi connectivity index (χ0v) is 44.5. The van der Waals surface area contributed by atoms with Crippen LogP contribution >= 0.6 is 136 Å². The first-order valence-electron chi connectivity index (χ1n) is 17.1. The lowest BCUT2D eigenvalue weighted by molar-refractivity contribution is -0.119. The SMILES string of the molecule is CN(CC(O)CO)C(=O)c1c(I)c(NC(=O)CO)c(I)c(C(=O)CNCCOCCN(C)C(=O)c2c(I)c(NC(=O)CO)c(I)c(C(=O)N(C)CC(O)CO)c2I)c1I. The number of nitrogens with zero attached hydrogens (tertiary/aromatic N) is 3. The molecule has 0 saturated heterocycles. The predicted octanol–water partition coefficient (Wildman–Crippen LogP) is 0.587. The number of aliphatic hydroxyl groups is 6. The molecule has 0 aliphatic rings. The van der Waals surface area contributed by atoms with Crippen LogP contribution in [0.5, 0.6) is 0 Å². The highest BCUT2D eigenvalue weighted by Gasteiger charge is 2.32. The van der Waals surface area contributed by atoms with Crippen molar-refractivity contribution >= 4 is 182 Å². The molecule has 25 heteroatoms. The maximum atomic E-state index is 13.9. The van der Waals surface area contributed by atoms with Gasteiger partial charge in [-0.3, -0.25) is 28.8 Å². The minimum absolute atomic E-state index is 0.0713. The van der Waals surface area contributed by atoms with Crippen molar-refractivity contribution in [3.63, 3.8) is 0 Å². The van der Waals surface area contributed by atoms with Gasteiger partial charge in [-0.25, -0.2) is 0 Å². The zero-order chi connectivity index (χ0) is 44.9. The van der Waals surface area contributed by atoms with Gasteiger partial charge in [0.25, 0.3) is 17.7 Å². The molecule has 5 amide bonds. The molecule has 2 aromatic rings. The summed E-state index contributed by atoms with van der Waals surface area (Å²) in [4.78, 5) is 82.7. The minimum Gasteiger partial charge on any atom is -0.394 e. The highest BCUT2D eigenvalue weighted by molar-refractivity contribution is 14.1. The van der Waals surface area contributed by atoms with E-state index in [-0.39, 0.29) is 83.1 Å². The summed E-state index contributed by atoms with van der Waals surface area (Å²) in [6.07, 6.45) is -2.41. The fraction of sp³-hybridized carbons (Fsp3) is 0.471. The second-order valence-corrected chi connectivity index (χ2v) is 19.0. The number of aliphatic hydroxyl groups excluding tert-OH is 6. The van der Waals surface area contributed by atoms with Crippen molar-refractivity contribution in [1.29, 1.82) is 0 Å². The molecule has 19 nitrogen and oxygen atoms in total. The lowest BCUT2D eigenvalue weighted by Crippen LogP contribution is -2.38. The molecule has 2 atom stereocenters. The molecule has 0 aliphatic heterocycles. The van der Waals surface area contributed by atoms with Crippen molar-refractivity contribution in [3.8, 4) is 0 Å². The lowest BCUT2D eigenvalue weighted by atomic mass is 10.0. The number of likely N-dealkylation sites (N-methyl/N-ethyl adjacent to an activating group) is 3. The van der Waals surface area contributed by atoms with Crippen LogP contribution in [-0.4, -0.2) is 186 Å². The summed E-state index contributed by atoms with van der Waals surface area (Å²) in [5.41, 5.74) is 0.726. The van der Waals surface area contributed by atoms with E-state index in [9.17, 15) is 59.4 Å². The number of carbonyl (C=O) groups is 6. The maximum Gasteiger partial charge on any atom is 0.255 e. The number of ether oxygens (including phenoxy) is 1. The summed E-state index contributed by atoms with van der Waals surface area (Å²) in [6.45, 7) is -2.94. The monoisotopic (exact) mass is 1500 g/mol. The molecular formula is C34H42I6N6O13. The number of halogens is 6. The van der Waals surface area contributed by atoms with E-state index in [4.69, 9.17) is 4.74 Å². The van der Waals surface area contributed by atoms with E-state index in [1.807, 2.05) is 136 Å². The number of ketones is 1. The first-order valence-corrected chi connectivity index (χ1v) is 23.6. The second-order valence-electron chi connectivity index (χ2n) is 12.5. The molecule has 0 spiro atoms. The van der Waals surface area contributed by atoms with Gasteiger partial charge >= 0.3 is 0 Å². The Labute approximate surface area is 421 Å². The quantitative estimate of drug-likeness (QED) is 0.0444. The first-order chi connectivity index (χ1) is 27.7. The van der Waals surface area contributed by atoms with E-state index in [2.05, 4.69) is 16.0 Å². The molecule has 2 unspecified atom stereocenters. The normalized spacial score (nSPS) is 12.1. The smallest absolute Gasteiger partial charge is 0.255 e. The Hall–Kier alpha value is -0.480. The van der Waals surface area contributed by atoms with Crippen molar-refractivity contribution in [2.24, 2.45) is 0 Å². The number of rotatable bonds is 22. The summed E-state index contributed by atoms with van der Waals surface area (Å²) in [5, 5.41) is 65.2. The van der Waals surface area contributed by atoms with Crippen molar-refractivity contribution < 1.29 is 64.1 Å². The number of hydrogen-bond donors (Lipinski definition) is 9. The number of hydrogen-bond acceptors (Lipinski definition) is 14. The van der Waals surface area contributed by atoms with Crippen LogP contribution in [0.3, 0.4) is 0 Å². The van der Waals surface area contributed by atoms with Gasteiger partial charge in [-0.2, -0.15) is 0 Å². The van der Waals surface area contributed by atoms with E-state index >= 15 is 0 Å². The summed E-state index contributed by atoms with van der Waals surface area (Å²) in [6, 6.07) is 0. The van der Waals surface area contributed by atoms with Crippen molar-refractivity contribution in [2.75, 3.05) is 104 Å². The Balaban J connectivity index is 2.20. The van der Waals surface area contributed by atoms with Crippen LogP contribution in [0, 0.1) is 21.4 Å². The Kier molecular flexibility index (Phi) is 24.4. The molecule has 59 heavy (non-hydrogen) atoms. The van der Waals surface area contributed by atoms with Gasteiger partial charge in [0.15, 0.2) is 5.78 Å². The molecule has 0 aromatic heterocycles. The molecule has 0 heterocycles. The number of carbonyl (C=O) groups excluding carboxylic acids is 6. The standard InChI is InChI=1S/C34H42I6N6O13/c1-44(32(56)22-25(36)23(34(58)46(3)10-16(52)12-48)29(40)31(28(22)39)43-19(55)14-50)5-7-59-6-4-41-8-17(53)20-24(35)21(33(57)45(2)9-15(51)11-47)27(38)30(26(20)37)42-18(54)13-49/h15-16,41,47-52H,4-14H2,1-3H3,(H,42,54)(H,43,55). The Morgan fingerprint density at radius 3 is 1.34 bits per heavy atom. The molecule has 0 fully saturated rings. The summed E-state index contributed by atoms with van der Waals surface area (Å²) >= 11 is 11.3. The number of amides is 5. The summed E-state index contributed by atoms with van der Waals surface area (Å²) < 4.78 is 7.58. The topological polar surface area (TPSA) is 279 Å². The molecule has 328 valence electrons. The van der Waals surface area contributed by atoms with Gasteiger partial charge in [0.2, 0.25) is 11.8 Å². The van der Waals surface area contributed by atoms with E-state index < -0.39 is 74.0 Å². The number of benzene rings is 2. The van der Waals surface area contributed by atoms with Crippen LogP contribution in [0.25, 0.3) is 0 Å². The minimum atomic E-state index is -1.21. The fourth-order valence-electron chi connectivity index (χ4n) is 5.04.